The predicted octanol–water partition coefficient (Wildman–Crippen LogP) is 5.61. The molecule has 0 spiro atoms. The second kappa shape index (κ2) is 13.2. The van der Waals surface area contributed by atoms with Crippen molar-refractivity contribution in [2.45, 2.75) is 44.9 Å². The molecule has 0 aromatic heterocycles. The SMILES string of the molecule is C#Cc1ccccc1C(C(=O)Nc1ccc2ccccc2c1)N(C)C(=O)C(CCSC)NC(=O)OC(C)(C)C. The molecule has 7 nitrogen and oxygen atoms in total. The number of likely N-dealkylation sites (N-methyl/N-ethyl adjacent to an activating group) is 1. The number of nitrogens with one attached hydrogen (secondary N) is 2. The van der Waals surface area contributed by atoms with Crippen molar-refractivity contribution in [3.63, 3.8) is 0 Å². The predicted molar refractivity (Wildman–Crippen MR) is 159 cm³/mol. The fourth-order valence-electron chi connectivity index (χ4n) is 4.19. The molecule has 8 heteroatoms. The van der Waals surface area contributed by atoms with E-state index in [2.05, 4.69) is 16.6 Å². The van der Waals surface area contributed by atoms with Gasteiger partial charge >= 0.3 is 6.09 Å². The van der Waals surface area contributed by atoms with E-state index in [9.17, 15) is 14.4 Å². The lowest BCUT2D eigenvalue weighted by Crippen LogP contribution is -2.51. The van der Waals surface area contributed by atoms with Crippen LogP contribution in [0.1, 0.15) is 44.4 Å². The van der Waals surface area contributed by atoms with Crippen molar-refractivity contribution in [2.24, 2.45) is 0 Å². The Labute approximate surface area is 234 Å². The number of hydrogen-bond acceptors (Lipinski definition) is 5. The van der Waals surface area contributed by atoms with Crippen molar-refractivity contribution in [1.82, 2.24) is 10.2 Å². The highest BCUT2D eigenvalue weighted by atomic mass is 32.2. The van der Waals surface area contributed by atoms with Crippen LogP contribution in [-0.4, -0.2) is 53.5 Å². The average molecular weight is 546 g/mol. The highest BCUT2D eigenvalue weighted by Crippen LogP contribution is 2.27. The molecule has 0 aliphatic rings. The van der Waals surface area contributed by atoms with Crippen LogP contribution in [0, 0.1) is 12.3 Å². The van der Waals surface area contributed by atoms with Crippen LogP contribution in [0.2, 0.25) is 0 Å². The van der Waals surface area contributed by atoms with Gasteiger partial charge in [0.25, 0.3) is 5.91 Å². The number of thioether (sulfide) groups is 1. The number of benzene rings is 3. The lowest BCUT2D eigenvalue weighted by Gasteiger charge is -2.32. The van der Waals surface area contributed by atoms with Gasteiger partial charge < -0.3 is 20.3 Å². The molecule has 3 amide bonds. The van der Waals surface area contributed by atoms with E-state index in [1.807, 2.05) is 48.7 Å². The monoisotopic (exact) mass is 545 g/mol. The van der Waals surface area contributed by atoms with Crippen molar-refractivity contribution in [2.75, 3.05) is 24.4 Å². The summed E-state index contributed by atoms with van der Waals surface area (Å²) in [6, 6.07) is 18.5. The Morgan fingerprint density at radius 3 is 2.36 bits per heavy atom. The van der Waals surface area contributed by atoms with Crippen LogP contribution >= 0.6 is 11.8 Å². The lowest BCUT2D eigenvalue weighted by atomic mass is 9.97. The summed E-state index contributed by atoms with van der Waals surface area (Å²) >= 11 is 1.55. The number of terminal acetylenes is 1. The normalized spacial score (nSPS) is 12.6. The Bertz CT molecular complexity index is 1380. The first-order valence-electron chi connectivity index (χ1n) is 12.6. The Hall–Kier alpha value is -3.96. The number of hydrogen-bond donors (Lipinski definition) is 2. The molecule has 0 fully saturated rings. The Balaban J connectivity index is 1.95. The zero-order valence-electron chi connectivity index (χ0n) is 23.0. The fourth-order valence-corrected chi connectivity index (χ4v) is 4.66. The maximum Gasteiger partial charge on any atom is 0.408 e. The number of alkyl carbamates (subject to hydrolysis) is 1. The van der Waals surface area contributed by atoms with Crippen LogP contribution in [0.5, 0.6) is 0 Å². The first-order chi connectivity index (χ1) is 18.5. The minimum atomic E-state index is -1.05. The smallest absolute Gasteiger partial charge is 0.408 e. The molecular formula is C31H35N3O4S. The summed E-state index contributed by atoms with van der Waals surface area (Å²) in [6.07, 6.45) is 7.35. The van der Waals surface area contributed by atoms with Gasteiger partial charge in [-0.3, -0.25) is 9.59 Å². The number of ether oxygens (including phenoxy) is 1. The number of carbonyl (C=O) groups excluding carboxylic acids is 3. The zero-order chi connectivity index (χ0) is 28.6. The van der Waals surface area contributed by atoms with Crippen molar-refractivity contribution < 1.29 is 19.1 Å². The van der Waals surface area contributed by atoms with Crippen LogP contribution in [0.4, 0.5) is 10.5 Å². The summed E-state index contributed by atoms with van der Waals surface area (Å²) in [6.45, 7) is 5.25. The second-order valence-electron chi connectivity index (χ2n) is 10.1. The van der Waals surface area contributed by atoms with E-state index in [1.54, 1.807) is 63.8 Å². The molecule has 0 saturated carbocycles. The van der Waals surface area contributed by atoms with Gasteiger partial charge in [-0.15, -0.1) is 6.42 Å². The third kappa shape index (κ3) is 8.01. The van der Waals surface area contributed by atoms with Gasteiger partial charge in [0.2, 0.25) is 5.91 Å². The number of nitrogens with zero attached hydrogens (tertiary/aromatic N) is 1. The van der Waals surface area contributed by atoms with Gasteiger partial charge in [-0.2, -0.15) is 11.8 Å². The topological polar surface area (TPSA) is 87.7 Å². The van der Waals surface area contributed by atoms with Crippen LogP contribution in [0.25, 0.3) is 10.8 Å². The molecular weight excluding hydrogens is 510 g/mol. The molecule has 0 heterocycles. The van der Waals surface area contributed by atoms with Gasteiger partial charge in [-0.1, -0.05) is 54.5 Å². The maximum atomic E-state index is 13.8. The largest absolute Gasteiger partial charge is 0.444 e. The van der Waals surface area contributed by atoms with E-state index in [0.717, 1.165) is 10.8 Å². The van der Waals surface area contributed by atoms with Crippen LogP contribution in [-0.2, 0) is 14.3 Å². The van der Waals surface area contributed by atoms with E-state index in [0.29, 0.717) is 29.0 Å². The van der Waals surface area contributed by atoms with E-state index in [-0.39, 0.29) is 0 Å². The summed E-state index contributed by atoms with van der Waals surface area (Å²) in [7, 11) is 1.54. The fraction of sp³-hybridized carbons (Fsp3) is 0.323. The molecule has 3 aromatic carbocycles. The average Bonchev–Trinajstić information content (AvgIpc) is 2.89. The third-order valence-corrected chi connectivity index (χ3v) is 6.65. The van der Waals surface area contributed by atoms with Crippen molar-refractivity contribution >= 4 is 46.1 Å². The highest BCUT2D eigenvalue weighted by molar-refractivity contribution is 7.98. The molecule has 3 rings (SSSR count). The van der Waals surface area contributed by atoms with Crippen LogP contribution < -0.4 is 10.6 Å². The summed E-state index contributed by atoms with van der Waals surface area (Å²) in [5.41, 5.74) is 0.872. The van der Waals surface area contributed by atoms with Crippen molar-refractivity contribution in [3.05, 3.63) is 77.9 Å². The summed E-state index contributed by atoms with van der Waals surface area (Å²) < 4.78 is 5.39. The summed E-state index contributed by atoms with van der Waals surface area (Å²) in [5, 5.41) is 7.67. The van der Waals surface area contributed by atoms with Gasteiger partial charge in [0.05, 0.1) is 0 Å². The lowest BCUT2D eigenvalue weighted by molar-refractivity contribution is -0.139. The first-order valence-corrected chi connectivity index (χ1v) is 14.0. The molecule has 0 saturated heterocycles. The molecule has 39 heavy (non-hydrogen) atoms. The maximum absolute atomic E-state index is 13.8. The number of amides is 3. The highest BCUT2D eigenvalue weighted by Gasteiger charge is 2.35. The van der Waals surface area contributed by atoms with Gasteiger partial charge in [0, 0.05) is 18.3 Å². The Morgan fingerprint density at radius 2 is 1.69 bits per heavy atom. The molecule has 0 aliphatic carbocycles. The number of fused-ring (bicyclic) bond motifs is 1. The first kappa shape index (κ1) is 29.6. The van der Waals surface area contributed by atoms with Crippen molar-refractivity contribution in [3.8, 4) is 12.3 Å². The van der Waals surface area contributed by atoms with E-state index in [1.165, 1.54) is 4.90 Å². The second-order valence-corrected chi connectivity index (χ2v) is 11.1. The van der Waals surface area contributed by atoms with Gasteiger partial charge in [0.1, 0.15) is 17.7 Å². The molecule has 204 valence electrons. The number of carbonyl (C=O) groups is 3. The molecule has 0 bridgehead atoms. The van der Waals surface area contributed by atoms with Gasteiger partial charge in [0.15, 0.2) is 0 Å². The standard InChI is InChI=1S/C31H35N3O4S/c1-7-21-12-10-11-15-25(21)27(28(35)32-24-17-16-22-13-8-9-14-23(22)20-24)34(5)29(36)26(18-19-39-6)33-30(37)38-31(2,3)4/h1,8-17,20,26-27H,18-19H2,2-6H3,(H,32,35)(H,33,37). The van der Waals surface area contributed by atoms with E-state index >= 15 is 0 Å². The minimum Gasteiger partial charge on any atom is -0.444 e. The molecule has 0 aliphatic heterocycles. The zero-order valence-corrected chi connectivity index (χ0v) is 23.8. The number of anilines is 1. The Morgan fingerprint density at radius 1 is 1.03 bits per heavy atom. The minimum absolute atomic E-state index is 0.360. The summed E-state index contributed by atoms with van der Waals surface area (Å²) in [4.78, 5) is 41.5. The molecule has 3 aromatic rings. The van der Waals surface area contributed by atoms with E-state index in [4.69, 9.17) is 11.2 Å². The molecule has 2 atom stereocenters. The Kier molecular flexibility index (Phi) is 10.0. The summed E-state index contributed by atoms with van der Waals surface area (Å²) in [5.74, 6) is 2.39. The third-order valence-electron chi connectivity index (χ3n) is 6.01. The molecule has 0 radical (unpaired) electrons. The molecule has 2 unspecified atom stereocenters. The van der Waals surface area contributed by atoms with E-state index < -0.39 is 35.6 Å². The van der Waals surface area contributed by atoms with Crippen LogP contribution in [0.3, 0.4) is 0 Å². The van der Waals surface area contributed by atoms with Gasteiger partial charge in [-0.05, 0) is 73.7 Å². The quantitative estimate of drug-likeness (QED) is 0.342. The number of rotatable bonds is 9. The van der Waals surface area contributed by atoms with Gasteiger partial charge in [-0.25, -0.2) is 4.79 Å². The molecule has 2 N–H and O–H groups in total. The van der Waals surface area contributed by atoms with Crippen LogP contribution in [0.15, 0.2) is 66.7 Å². The van der Waals surface area contributed by atoms with Crippen molar-refractivity contribution in [1.29, 1.82) is 0 Å².